The molecule has 0 fully saturated rings. The number of hydrogen-bond donors (Lipinski definition) is 0. The number of pyridine rings is 1. The third-order valence-corrected chi connectivity index (χ3v) is 1.45. The van der Waals surface area contributed by atoms with E-state index >= 15 is 0 Å². The Balaban J connectivity index is 2.96. The van der Waals surface area contributed by atoms with Crippen LogP contribution in [0.5, 0.6) is 0 Å². The number of nitrogens with zero attached hydrogens (tertiary/aromatic N) is 2. The molecule has 1 heterocycles. The third-order valence-electron chi connectivity index (χ3n) is 1.17. The molecule has 1 aromatic rings. The van der Waals surface area contributed by atoms with Crippen molar-refractivity contribution in [3.63, 3.8) is 0 Å². The van der Waals surface area contributed by atoms with Gasteiger partial charge in [0.15, 0.2) is 0 Å². The highest BCUT2D eigenvalue weighted by atomic mass is 79.9. The summed E-state index contributed by atoms with van der Waals surface area (Å²) in [6, 6.07) is 3.71. The van der Waals surface area contributed by atoms with E-state index in [9.17, 15) is 0 Å². The Labute approximate surface area is 79.4 Å². The van der Waals surface area contributed by atoms with Gasteiger partial charge in [0.2, 0.25) is 0 Å². The molecular weight excluding hydrogens is 216 g/mol. The van der Waals surface area contributed by atoms with E-state index in [-0.39, 0.29) is 0 Å². The zero-order valence-corrected chi connectivity index (χ0v) is 7.80. The van der Waals surface area contributed by atoms with Crippen LogP contribution in [-0.2, 0) is 0 Å². The Morgan fingerprint density at radius 1 is 1.42 bits per heavy atom. The summed E-state index contributed by atoms with van der Waals surface area (Å²) < 4.78 is 0. The maximum absolute atomic E-state index is 8.54. The quantitative estimate of drug-likeness (QED) is 0.493. The maximum atomic E-state index is 8.54. The van der Waals surface area contributed by atoms with Gasteiger partial charge in [-0.15, -0.1) is 0 Å². The molecule has 0 atom stereocenters. The molecule has 2 nitrogen and oxygen atoms in total. The van der Waals surface area contributed by atoms with Crippen molar-refractivity contribution >= 4 is 15.9 Å². The average molecular weight is 221 g/mol. The molecule has 58 valence electrons. The fourth-order valence-corrected chi connectivity index (χ4v) is 0.845. The highest BCUT2D eigenvalue weighted by molar-refractivity contribution is 9.09. The smallest absolute Gasteiger partial charge is 0.101 e. The first-order valence-corrected chi connectivity index (χ1v) is 4.39. The minimum Gasteiger partial charge on any atom is -0.262 e. The Bertz CT molecular complexity index is 368. The van der Waals surface area contributed by atoms with Gasteiger partial charge in [0, 0.05) is 18.0 Å². The number of rotatable bonds is 0. The van der Waals surface area contributed by atoms with Crippen LogP contribution in [0.15, 0.2) is 18.5 Å². The van der Waals surface area contributed by atoms with Crippen LogP contribution < -0.4 is 0 Å². The van der Waals surface area contributed by atoms with Crippen molar-refractivity contribution in [2.75, 3.05) is 5.33 Å². The molecular formula is C9H5BrN2. The van der Waals surface area contributed by atoms with Crippen molar-refractivity contribution in [1.29, 1.82) is 5.26 Å². The van der Waals surface area contributed by atoms with Gasteiger partial charge in [-0.2, -0.15) is 5.26 Å². The SMILES string of the molecule is N#Cc1cncc(C#CCBr)c1. The zero-order chi connectivity index (χ0) is 8.81. The lowest BCUT2D eigenvalue weighted by atomic mass is 10.2. The summed E-state index contributed by atoms with van der Waals surface area (Å²) in [6.45, 7) is 0. The Kier molecular flexibility index (Phi) is 3.32. The number of nitriles is 1. The molecule has 0 amide bonds. The number of aromatic nitrogens is 1. The normalized spacial score (nSPS) is 8.00. The first-order chi connectivity index (χ1) is 5.86. The highest BCUT2D eigenvalue weighted by Crippen LogP contribution is 1.98. The third kappa shape index (κ3) is 2.38. The van der Waals surface area contributed by atoms with E-state index < -0.39 is 0 Å². The highest BCUT2D eigenvalue weighted by Gasteiger charge is 1.90. The van der Waals surface area contributed by atoms with E-state index in [1.807, 2.05) is 6.07 Å². The van der Waals surface area contributed by atoms with Crippen LogP contribution in [0.2, 0.25) is 0 Å². The summed E-state index contributed by atoms with van der Waals surface area (Å²) in [6.07, 6.45) is 3.15. The van der Waals surface area contributed by atoms with Crippen molar-refractivity contribution in [3.8, 4) is 17.9 Å². The molecule has 0 bridgehead atoms. The predicted octanol–water partition coefficient (Wildman–Crippen LogP) is 1.70. The van der Waals surface area contributed by atoms with Crippen molar-refractivity contribution < 1.29 is 0 Å². The molecule has 0 unspecified atom stereocenters. The molecule has 1 aromatic heterocycles. The van der Waals surface area contributed by atoms with Crippen molar-refractivity contribution in [3.05, 3.63) is 29.6 Å². The lowest BCUT2D eigenvalue weighted by Crippen LogP contribution is -1.81. The van der Waals surface area contributed by atoms with Gasteiger partial charge in [0.05, 0.1) is 10.9 Å². The van der Waals surface area contributed by atoms with Crippen molar-refractivity contribution in [2.24, 2.45) is 0 Å². The number of halogens is 1. The van der Waals surface area contributed by atoms with Gasteiger partial charge in [0.25, 0.3) is 0 Å². The second-order valence-corrected chi connectivity index (χ2v) is 2.57. The molecule has 1 rings (SSSR count). The monoisotopic (exact) mass is 220 g/mol. The van der Waals surface area contributed by atoms with E-state index in [0.717, 1.165) is 5.56 Å². The fraction of sp³-hybridized carbons (Fsp3) is 0.111. The van der Waals surface area contributed by atoms with E-state index in [4.69, 9.17) is 5.26 Å². The van der Waals surface area contributed by atoms with Crippen LogP contribution in [0.25, 0.3) is 0 Å². The van der Waals surface area contributed by atoms with Gasteiger partial charge in [-0.05, 0) is 6.07 Å². The van der Waals surface area contributed by atoms with E-state index in [0.29, 0.717) is 10.9 Å². The van der Waals surface area contributed by atoms with Crippen LogP contribution in [0.3, 0.4) is 0 Å². The summed E-state index contributed by atoms with van der Waals surface area (Å²) >= 11 is 3.18. The van der Waals surface area contributed by atoms with Gasteiger partial charge < -0.3 is 0 Å². The second-order valence-electron chi connectivity index (χ2n) is 2.01. The lowest BCUT2D eigenvalue weighted by Gasteiger charge is -1.88. The number of hydrogen-bond acceptors (Lipinski definition) is 2. The van der Waals surface area contributed by atoms with Crippen LogP contribution in [-0.4, -0.2) is 10.3 Å². The summed E-state index contributed by atoms with van der Waals surface area (Å²) in [4.78, 5) is 3.87. The summed E-state index contributed by atoms with van der Waals surface area (Å²) in [5.41, 5.74) is 1.31. The first kappa shape index (κ1) is 8.77. The van der Waals surface area contributed by atoms with Crippen molar-refractivity contribution in [2.45, 2.75) is 0 Å². The zero-order valence-electron chi connectivity index (χ0n) is 6.21. The molecule has 0 aliphatic rings. The molecule has 0 saturated heterocycles. The van der Waals surface area contributed by atoms with Gasteiger partial charge in [-0.25, -0.2) is 0 Å². The standard InChI is InChI=1S/C9H5BrN2/c10-3-1-2-8-4-9(5-11)7-12-6-8/h4,6-7H,3H2. The van der Waals surface area contributed by atoms with E-state index in [1.165, 1.54) is 6.20 Å². The van der Waals surface area contributed by atoms with Crippen LogP contribution in [0, 0.1) is 23.2 Å². The predicted molar refractivity (Wildman–Crippen MR) is 49.6 cm³/mol. The van der Waals surface area contributed by atoms with Crippen LogP contribution >= 0.6 is 15.9 Å². The van der Waals surface area contributed by atoms with E-state index in [1.54, 1.807) is 12.3 Å². The molecule has 0 aromatic carbocycles. The topological polar surface area (TPSA) is 36.7 Å². The Morgan fingerprint density at radius 3 is 2.83 bits per heavy atom. The molecule has 12 heavy (non-hydrogen) atoms. The van der Waals surface area contributed by atoms with Gasteiger partial charge in [0.1, 0.15) is 6.07 Å². The van der Waals surface area contributed by atoms with E-state index in [2.05, 4.69) is 32.8 Å². The molecule has 0 N–H and O–H groups in total. The second kappa shape index (κ2) is 4.54. The lowest BCUT2D eigenvalue weighted by molar-refractivity contribution is 1.29. The minimum atomic E-state index is 0.538. The first-order valence-electron chi connectivity index (χ1n) is 3.27. The fourth-order valence-electron chi connectivity index (χ4n) is 0.705. The largest absolute Gasteiger partial charge is 0.262 e. The Morgan fingerprint density at radius 2 is 2.17 bits per heavy atom. The van der Waals surface area contributed by atoms with Crippen LogP contribution in [0.4, 0.5) is 0 Å². The summed E-state index contributed by atoms with van der Waals surface area (Å²) in [5.74, 6) is 5.69. The number of alkyl halides is 1. The molecule has 0 aliphatic carbocycles. The maximum Gasteiger partial charge on any atom is 0.101 e. The minimum absolute atomic E-state index is 0.538. The molecule has 0 aliphatic heterocycles. The van der Waals surface area contributed by atoms with Crippen LogP contribution in [0.1, 0.15) is 11.1 Å². The molecule has 3 heteroatoms. The summed E-state index contributed by atoms with van der Waals surface area (Å²) in [7, 11) is 0. The van der Waals surface area contributed by atoms with Gasteiger partial charge in [-0.3, -0.25) is 4.98 Å². The molecule has 0 radical (unpaired) electrons. The van der Waals surface area contributed by atoms with Gasteiger partial charge in [-0.1, -0.05) is 27.8 Å². The van der Waals surface area contributed by atoms with Gasteiger partial charge >= 0.3 is 0 Å². The summed E-state index contributed by atoms with van der Waals surface area (Å²) in [5, 5.41) is 9.17. The average Bonchev–Trinajstić information content (AvgIpc) is 2.15. The van der Waals surface area contributed by atoms with Crippen molar-refractivity contribution in [1.82, 2.24) is 4.98 Å². The molecule has 0 spiro atoms. The molecule has 0 saturated carbocycles. The Hall–Kier alpha value is -1.32.